The lowest BCUT2D eigenvalue weighted by atomic mass is 9.87. The molecule has 2 N–H and O–H groups in total. The standard InChI is InChI=1S/C17H27N3O2S.HI/c1-14-8-10-15(11-9-14)20-17(18-2)19-12-13-23(21,22)16-6-4-3-5-7-16;/h3-7,14-15H,8-13H2,1-2H3,(H2,18,19,20);1H. The lowest BCUT2D eigenvalue weighted by molar-refractivity contribution is 0.329. The summed E-state index contributed by atoms with van der Waals surface area (Å²) in [5.41, 5.74) is 0. The Morgan fingerprint density at radius 2 is 1.79 bits per heavy atom. The molecule has 7 heteroatoms. The number of aliphatic imine (C=N–C) groups is 1. The second-order valence-corrected chi connectivity index (χ2v) is 8.34. The van der Waals surface area contributed by atoms with Gasteiger partial charge in [-0.05, 0) is 43.7 Å². The van der Waals surface area contributed by atoms with Crippen molar-refractivity contribution in [2.24, 2.45) is 10.9 Å². The van der Waals surface area contributed by atoms with Crippen molar-refractivity contribution in [2.45, 2.75) is 43.5 Å². The Balaban J connectivity index is 0.00000288. The third-order valence-electron chi connectivity index (χ3n) is 4.35. The van der Waals surface area contributed by atoms with Gasteiger partial charge >= 0.3 is 0 Å². The molecule has 5 nitrogen and oxygen atoms in total. The van der Waals surface area contributed by atoms with E-state index < -0.39 is 9.84 Å². The summed E-state index contributed by atoms with van der Waals surface area (Å²) in [4.78, 5) is 4.56. The number of nitrogens with one attached hydrogen (secondary N) is 2. The molecule has 0 amide bonds. The maximum atomic E-state index is 12.2. The summed E-state index contributed by atoms with van der Waals surface area (Å²) >= 11 is 0. The fourth-order valence-corrected chi connectivity index (χ4v) is 4.02. The Labute approximate surface area is 162 Å². The highest BCUT2D eigenvalue weighted by atomic mass is 127. The van der Waals surface area contributed by atoms with Gasteiger partial charge in [0.05, 0.1) is 10.6 Å². The van der Waals surface area contributed by atoms with E-state index in [9.17, 15) is 8.42 Å². The molecule has 2 rings (SSSR count). The van der Waals surface area contributed by atoms with E-state index >= 15 is 0 Å². The molecule has 0 unspecified atom stereocenters. The Morgan fingerprint density at radius 3 is 2.38 bits per heavy atom. The molecule has 136 valence electrons. The predicted octanol–water partition coefficient (Wildman–Crippen LogP) is 2.82. The normalized spacial score (nSPS) is 21.7. The summed E-state index contributed by atoms with van der Waals surface area (Å²) in [7, 11) is -1.54. The molecular formula is C17H28IN3O2S. The molecule has 0 bridgehead atoms. The van der Waals surface area contributed by atoms with Gasteiger partial charge in [-0.25, -0.2) is 8.42 Å². The molecular weight excluding hydrogens is 437 g/mol. The lowest BCUT2D eigenvalue weighted by Gasteiger charge is -2.28. The molecule has 1 aliphatic carbocycles. The number of hydrogen-bond donors (Lipinski definition) is 2. The third-order valence-corrected chi connectivity index (χ3v) is 6.08. The molecule has 1 saturated carbocycles. The molecule has 1 fully saturated rings. The van der Waals surface area contributed by atoms with Crippen molar-refractivity contribution in [3.8, 4) is 0 Å². The summed E-state index contributed by atoms with van der Waals surface area (Å²) < 4.78 is 24.5. The zero-order chi connectivity index (χ0) is 16.7. The Kier molecular flexibility index (Phi) is 9.04. The summed E-state index contributed by atoms with van der Waals surface area (Å²) in [6, 6.07) is 8.99. The van der Waals surface area contributed by atoms with Gasteiger partial charge in [-0.3, -0.25) is 4.99 Å². The maximum Gasteiger partial charge on any atom is 0.191 e. The molecule has 0 heterocycles. The van der Waals surface area contributed by atoms with Crippen LogP contribution in [0.2, 0.25) is 0 Å². The monoisotopic (exact) mass is 465 g/mol. The van der Waals surface area contributed by atoms with E-state index in [1.807, 2.05) is 6.07 Å². The molecule has 0 spiro atoms. The lowest BCUT2D eigenvalue weighted by Crippen LogP contribution is -2.45. The van der Waals surface area contributed by atoms with Crippen molar-refractivity contribution in [1.82, 2.24) is 10.6 Å². The number of sulfone groups is 1. The van der Waals surface area contributed by atoms with Crippen LogP contribution in [0.1, 0.15) is 32.6 Å². The minimum absolute atomic E-state index is 0. The van der Waals surface area contributed by atoms with Crippen LogP contribution in [0.15, 0.2) is 40.2 Å². The van der Waals surface area contributed by atoms with Gasteiger partial charge in [0.2, 0.25) is 0 Å². The van der Waals surface area contributed by atoms with Crippen LogP contribution in [0.3, 0.4) is 0 Å². The Hall–Kier alpha value is -0.830. The largest absolute Gasteiger partial charge is 0.355 e. The van der Waals surface area contributed by atoms with E-state index in [1.54, 1.807) is 31.3 Å². The first-order valence-corrected chi connectivity index (χ1v) is 9.91. The first-order chi connectivity index (χ1) is 11.0. The van der Waals surface area contributed by atoms with Gasteiger partial charge in [0.1, 0.15) is 0 Å². The molecule has 1 aromatic carbocycles. The highest BCUT2D eigenvalue weighted by molar-refractivity contribution is 14.0. The summed E-state index contributed by atoms with van der Waals surface area (Å²) in [5.74, 6) is 1.55. The molecule has 0 saturated heterocycles. The number of benzene rings is 1. The highest BCUT2D eigenvalue weighted by Gasteiger charge is 2.19. The maximum absolute atomic E-state index is 12.2. The smallest absolute Gasteiger partial charge is 0.191 e. The molecule has 1 aliphatic rings. The van der Waals surface area contributed by atoms with Crippen molar-refractivity contribution in [2.75, 3.05) is 19.3 Å². The minimum atomic E-state index is -3.25. The number of nitrogens with zero attached hydrogens (tertiary/aromatic N) is 1. The molecule has 0 aromatic heterocycles. The van der Waals surface area contributed by atoms with E-state index in [2.05, 4.69) is 22.5 Å². The molecule has 1 aromatic rings. The number of hydrogen-bond acceptors (Lipinski definition) is 3. The number of halogens is 1. The zero-order valence-corrected chi connectivity index (χ0v) is 17.5. The first-order valence-electron chi connectivity index (χ1n) is 8.26. The van der Waals surface area contributed by atoms with Crippen molar-refractivity contribution in [3.05, 3.63) is 30.3 Å². The highest BCUT2D eigenvalue weighted by Crippen LogP contribution is 2.23. The molecule has 0 atom stereocenters. The fourth-order valence-electron chi connectivity index (χ4n) is 2.84. The van der Waals surface area contributed by atoms with Crippen LogP contribution in [0.4, 0.5) is 0 Å². The van der Waals surface area contributed by atoms with E-state index in [0.717, 1.165) is 18.8 Å². The fraction of sp³-hybridized carbons (Fsp3) is 0.588. The van der Waals surface area contributed by atoms with Crippen LogP contribution < -0.4 is 10.6 Å². The van der Waals surface area contributed by atoms with Crippen LogP contribution in [-0.2, 0) is 9.84 Å². The zero-order valence-electron chi connectivity index (χ0n) is 14.4. The first kappa shape index (κ1) is 21.2. The molecule has 24 heavy (non-hydrogen) atoms. The van der Waals surface area contributed by atoms with Crippen molar-refractivity contribution >= 4 is 39.8 Å². The summed E-state index contributed by atoms with van der Waals surface area (Å²) in [5, 5.41) is 6.51. The van der Waals surface area contributed by atoms with Gasteiger partial charge in [0.25, 0.3) is 0 Å². The second-order valence-electron chi connectivity index (χ2n) is 6.23. The van der Waals surface area contributed by atoms with Gasteiger partial charge in [0.15, 0.2) is 15.8 Å². The van der Waals surface area contributed by atoms with Gasteiger partial charge < -0.3 is 10.6 Å². The summed E-state index contributed by atoms with van der Waals surface area (Å²) in [6.07, 6.45) is 4.75. The van der Waals surface area contributed by atoms with Crippen LogP contribution >= 0.6 is 24.0 Å². The van der Waals surface area contributed by atoms with Crippen LogP contribution in [0, 0.1) is 5.92 Å². The average Bonchev–Trinajstić information content (AvgIpc) is 2.56. The van der Waals surface area contributed by atoms with E-state index in [-0.39, 0.29) is 29.7 Å². The van der Waals surface area contributed by atoms with Crippen LogP contribution in [0.25, 0.3) is 0 Å². The van der Waals surface area contributed by atoms with Gasteiger partial charge in [0, 0.05) is 19.6 Å². The van der Waals surface area contributed by atoms with Gasteiger partial charge in [-0.2, -0.15) is 0 Å². The van der Waals surface area contributed by atoms with E-state index in [1.165, 1.54) is 12.8 Å². The topological polar surface area (TPSA) is 70.6 Å². The number of rotatable bonds is 5. The van der Waals surface area contributed by atoms with Crippen molar-refractivity contribution in [3.63, 3.8) is 0 Å². The molecule has 0 radical (unpaired) electrons. The quantitative estimate of drug-likeness (QED) is 0.399. The van der Waals surface area contributed by atoms with Crippen molar-refractivity contribution in [1.29, 1.82) is 0 Å². The minimum Gasteiger partial charge on any atom is -0.355 e. The van der Waals surface area contributed by atoms with Crippen molar-refractivity contribution < 1.29 is 8.42 Å². The van der Waals surface area contributed by atoms with Crippen LogP contribution in [0.5, 0.6) is 0 Å². The average molecular weight is 465 g/mol. The SMILES string of the molecule is CN=C(NCCS(=O)(=O)c1ccccc1)NC1CCC(C)CC1.I. The second kappa shape index (κ2) is 10.2. The van der Waals surface area contributed by atoms with Gasteiger partial charge in [-0.15, -0.1) is 24.0 Å². The van der Waals surface area contributed by atoms with E-state index in [4.69, 9.17) is 0 Å². The van der Waals surface area contributed by atoms with Crippen LogP contribution in [-0.4, -0.2) is 39.8 Å². The Bertz CT molecular complexity index is 612. The summed E-state index contributed by atoms with van der Waals surface area (Å²) in [6.45, 7) is 2.64. The predicted molar refractivity (Wildman–Crippen MR) is 110 cm³/mol. The molecule has 0 aliphatic heterocycles. The Morgan fingerprint density at radius 1 is 1.17 bits per heavy atom. The third kappa shape index (κ3) is 6.58. The van der Waals surface area contributed by atoms with Gasteiger partial charge in [-0.1, -0.05) is 25.1 Å². The number of guanidine groups is 1. The van der Waals surface area contributed by atoms with E-state index in [0.29, 0.717) is 23.4 Å².